The van der Waals surface area contributed by atoms with Crippen molar-refractivity contribution in [2.45, 2.75) is 70.5 Å². The molecule has 2 aromatic carbocycles. The summed E-state index contributed by atoms with van der Waals surface area (Å²) in [5.41, 5.74) is -2.06. The highest BCUT2D eigenvalue weighted by Crippen LogP contribution is 2.44. The van der Waals surface area contributed by atoms with Crippen molar-refractivity contribution >= 4 is 46.9 Å². The van der Waals surface area contributed by atoms with Crippen molar-refractivity contribution in [3.05, 3.63) is 84.7 Å². The fourth-order valence-corrected chi connectivity index (χ4v) is 7.35. The molecule has 10 nitrogen and oxygen atoms in total. The van der Waals surface area contributed by atoms with Crippen LogP contribution in [0.15, 0.2) is 34.1 Å². The van der Waals surface area contributed by atoms with Crippen LogP contribution in [0.4, 0.5) is 36.3 Å². The minimum absolute atomic E-state index is 0.0147. The molecule has 7 rings (SSSR count). The molecule has 0 spiro atoms. The average molecular weight is 750 g/mol. The summed E-state index contributed by atoms with van der Waals surface area (Å²) in [7, 11) is -1.57. The number of anilines is 1. The van der Waals surface area contributed by atoms with Gasteiger partial charge in [-0.15, -0.1) is 0 Å². The second kappa shape index (κ2) is 14.2. The van der Waals surface area contributed by atoms with E-state index < -0.39 is 88.7 Å². The van der Waals surface area contributed by atoms with Crippen LogP contribution < -0.4 is 21.1 Å². The summed E-state index contributed by atoms with van der Waals surface area (Å²) in [6, 6.07) is 0.581. The zero-order valence-corrected chi connectivity index (χ0v) is 28.9. The van der Waals surface area contributed by atoms with Crippen LogP contribution in [-0.4, -0.2) is 72.2 Å². The number of carboxylic acid groups (broad SMARTS) is 1. The number of alkyl halides is 2. The predicted molar refractivity (Wildman–Crippen MR) is 182 cm³/mol. The Hall–Kier alpha value is -4.87. The Morgan fingerprint density at radius 1 is 0.887 bits per heavy atom. The molecular formula is C35H34BF7N4O6. The first-order valence-corrected chi connectivity index (χ1v) is 16.8. The summed E-state index contributed by atoms with van der Waals surface area (Å²) < 4.78 is 101. The maximum absolute atomic E-state index is 15.2. The quantitative estimate of drug-likeness (QED) is 0.171. The van der Waals surface area contributed by atoms with E-state index >= 15 is 4.39 Å². The molecule has 2 saturated carbocycles. The number of rotatable bonds is 8. The van der Waals surface area contributed by atoms with Crippen LogP contribution >= 0.6 is 0 Å². The first kappa shape index (κ1) is 37.9. The number of likely N-dealkylation sites (N-methyl/N-ethyl adjacent to an activating group) is 1. The number of carbonyl (C=O) groups is 2. The number of nitrogens with one attached hydrogen (secondary N) is 1. The normalized spacial score (nSPS) is 23.2. The van der Waals surface area contributed by atoms with Gasteiger partial charge in [0, 0.05) is 60.7 Å². The lowest BCUT2D eigenvalue weighted by molar-refractivity contribution is 0.0682. The summed E-state index contributed by atoms with van der Waals surface area (Å²) in [5, 5.41) is 12.2. The van der Waals surface area contributed by atoms with Crippen LogP contribution in [0, 0.1) is 37.2 Å². The van der Waals surface area contributed by atoms with Crippen molar-refractivity contribution in [3.63, 3.8) is 0 Å². The first-order chi connectivity index (χ1) is 25.0. The zero-order chi connectivity index (χ0) is 38.8. The number of carboxylic acids is 1. The van der Waals surface area contributed by atoms with Gasteiger partial charge in [0.05, 0.1) is 28.8 Å². The molecule has 3 fully saturated rings. The van der Waals surface area contributed by atoms with Crippen LogP contribution in [0.3, 0.4) is 0 Å². The van der Waals surface area contributed by atoms with E-state index in [1.807, 2.05) is 11.9 Å². The number of aryl methyl sites for hydroxylation is 2. The topological polar surface area (TPSA) is 123 Å². The lowest BCUT2D eigenvalue weighted by Gasteiger charge is -2.24. The van der Waals surface area contributed by atoms with Crippen LogP contribution in [0.2, 0.25) is 0 Å². The molecule has 0 amide bonds. The molecule has 2 aliphatic carbocycles. The summed E-state index contributed by atoms with van der Waals surface area (Å²) in [5.74, 6) is -5.76. The van der Waals surface area contributed by atoms with Gasteiger partial charge in [-0.05, 0) is 44.5 Å². The highest BCUT2D eigenvalue weighted by atomic mass is 19.2. The van der Waals surface area contributed by atoms with E-state index in [-0.39, 0.29) is 35.3 Å². The molecule has 1 aliphatic heterocycles. The molecule has 0 radical (unpaired) electrons. The third-order valence-corrected chi connectivity index (χ3v) is 10.3. The van der Waals surface area contributed by atoms with Crippen molar-refractivity contribution in [2.75, 3.05) is 25.0 Å². The third-order valence-electron chi connectivity index (χ3n) is 10.3. The Balaban J connectivity index is 0.000000185. The van der Waals surface area contributed by atoms with Gasteiger partial charge in [0.2, 0.25) is 10.9 Å². The number of hydrogen-bond donors (Lipinski definition) is 2. The van der Waals surface area contributed by atoms with Gasteiger partial charge in [-0.2, -0.15) is 0 Å². The standard InChI is InChI=1S/C21H25F2N3O3.C14H9BF5NO3/c1-4-11-7-25(9-16(11)24-3)19-10(2)18-12(5-15(19)23)20(27)13(21(28)29)8-26(18)17-6-14(17)22;1-5-11(18)9(17)2-6-12(5)21(10-3-8(10)16)4-7(13(6)22)14(23)24-15(19)20/h5,8,11,14,16-17,24H,4,6-7,9H2,1-3H3,(H,28,29);2,4,8,10H,3H2,1H3/t11-,14-,16+,17+;8-,10+/m00/s1. The molecular weight excluding hydrogens is 716 g/mol. The maximum Gasteiger partial charge on any atom is 0.798 e. The fraction of sp³-hybridized carbons (Fsp3) is 0.429. The molecule has 18 heteroatoms. The second-order valence-electron chi connectivity index (χ2n) is 13.6. The molecule has 0 bridgehead atoms. The number of nitrogens with zero attached hydrogens (tertiary/aromatic N) is 3. The number of benzene rings is 2. The number of aromatic carboxylic acids is 1. The summed E-state index contributed by atoms with van der Waals surface area (Å²) in [6.45, 7) is 6.33. The smallest absolute Gasteiger partial charge is 0.477 e. The number of fused-ring (bicyclic) bond motifs is 2. The average Bonchev–Trinajstić information content (AvgIpc) is 3.97. The van der Waals surface area contributed by atoms with Crippen LogP contribution in [0.25, 0.3) is 21.8 Å². The van der Waals surface area contributed by atoms with Crippen molar-refractivity contribution in [3.8, 4) is 0 Å². The van der Waals surface area contributed by atoms with Gasteiger partial charge in [-0.3, -0.25) is 9.59 Å². The number of hydrogen-bond acceptors (Lipinski definition) is 7. The minimum Gasteiger partial charge on any atom is -0.477 e. The summed E-state index contributed by atoms with van der Waals surface area (Å²) in [4.78, 5) is 50.1. The molecule has 2 N–H and O–H groups in total. The molecule has 6 atom stereocenters. The van der Waals surface area contributed by atoms with E-state index in [0.29, 0.717) is 41.8 Å². The number of halogens is 7. The highest BCUT2D eigenvalue weighted by Gasteiger charge is 2.42. The molecule has 2 aromatic heterocycles. The molecule has 1 saturated heterocycles. The van der Waals surface area contributed by atoms with Gasteiger partial charge in [0.15, 0.2) is 11.6 Å². The molecule has 0 unspecified atom stereocenters. The summed E-state index contributed by atoms with van der Waals surface area (Å²) >= 11 is 0. The lowest BCUT2D eigenvalue weighted by Crippen LogP contribution is -2.33. The molecule has 282 valence electrons. The van der Waals surface area contributed by atoms with E-state index in [4.69, 9.17) is 0 Å². The lowest BCUT2D eigenvalue weighted by atomic mass is 10.0. The highest BCUT2D eigenvalue weighted by molar-refractivity contribution is 6.38. The van der Waals surface area contributed by atoms with E-state index in [9.17, 15) is 50.5 Å². The van der Waals surface area contributed by atoms with Crippen LogP contribution in [0.5, 0.6) is 0 Å². The van der Waals surface area contributed by atoms with Gasteiger partial charge in [-0.1, -0.05) is 13.3 Å². The second-order valence-corrected chi connectivity index (χ2v) is 13.6. The zero-order valence-electron chi connectivity index (χ0n) is 28.9. The van der Waals surface area contributed by atoms with Gasteiger partial charge in [-0.25, -0.2) is 40.2 Å². The van der Waals surface area contributed by atoms with Gasteiger partial charge in [0.25, 0.3) is 0 Å². The molecule has 3 heterocycles. The third kappa shape index (κ3) is 6.77. The van der Waals surface area contributed by atoms with E-state index in [2.05, 4.69) is 16.9 Å². The van der Waals surface area contributed by atoms with Gasteiger partial charge >= 0.3 is 19.4 Å². The maximum atomic E-state index is 15.2. The Labute approximate surface area is 297 Å². The van der Waals surface area contributed by atoms with Gasteiger partial charge < -0.3 is 29.1 Å². The number of aromatic nitrogens is 2. The fourth-order valence-electron chi connectivity index (χ4n) is 7.35. The van der Waals surface area contributed by atoms with Crippen LogP contribution in [-0.2, 0) is 4.65 Å². The van der Waals surface area contributed by atoms with E-state index in [1.54, 1.807) is 6.92 Å². The van der Waals surface area contributed by atoms with Crippen molar-refractivity contribution in [2.24, 2.45) is 5.92 Å². The van der Waals surface area contributed by atoms with E-state index in [1.165, 1.54) is 17.7 Å². The molecule has 3 aliphatic rings. The SMILES string of the molecule is CC[C@H]1CN(c2c(F)cc3c(=O)c(C(=O)O)cn([C@@H]4C[C@@H]4F)c3c2C)C[C@H]1NC.Cc1c(F)c(F)cc2c(=O)c(C(=O)OB(F)F)cn([C@@H]3C[C@@H]3F)c12. The van der Waals surface area contributed by atoms with Gasteiger partial charge in [0.1, 0.15) is 29.3 Å². The first-order valence-electron chi connectivity index (χ1n) is 16.8. The monoisotopic (exact) mass is 750 g/mol. The predicted octanol–water partition coefficient (Wildman–Crippen LogP) is 5.82. The largest absolute Gasteiger partial charge is 0.798 e. The van der Waals surface area contributed by atoms with Crippen molar-refractivity contribution < 1.29 is 49.9 Å². The molecule has 4 aromatic rings. The number of carbonyl (C=O) groups excluding carboxylic acids is 1. The van der Waals surface area contributed by atoms with E-state index in [0.717, 1.165) is 23.3 Å². The summed E-state index contributed by atoms with van der Waals surface area (Å²) in [6.07, 6.45) is 0.911. The van der Waals surface area contributed by atoms with Crippen molar-refractivity contribution in [1.82, 2.24) is 14.5 Å². The Morgan fingerprint density at radius 3 is 1.87 bits per heavy atom. The Bertz CT molecular complexity index is 2270. The Morgan fingerprint density at radius 2 is 1.40 bits per heavy atom. The Kier molecular flexibility index (Phi) is 10.1. The van der Waals surface area contributed by atoms with Crippen molar-refractivity contribution in [1.29, 1.82) is 0 Å². The molecule has 53 heavy (non-hydrogen) atoms. The minimum atomic E-state index is -3.46. The van der Waals surface area contributed by atoms with Crippen LogP contribution in [0.1, 0.15) is 70.1 Å². The number of pyridine rings is 2.